The number of benzene rings is 3. The highest BCUT2D eigenvalue weighted by Crippen LogP contribution is 2.42. The fraction of sp³-hybridized carbons (Fsp3) is 0.323. The molecule has 5 rings (SSSR count). The molecule has 38 heavy (non-hydrogen) atoms. The molecule has 196 valence electrons. The number of nitrogens with zero attached hydrogens (tertiary/aromatic N) is 2. The number of ether oxygens (including phenoxy) is 1. The molecule has 2 amide bonds. The van der Waals surface area contributed by atoms with Crippen molar-refractivity contribution in [1.82, 2.24) is 9.80 Å². The third kappa shape index (κ3) is 5.67. The van der Waals surface area contributed by atoms with Crippen molar-refractivity contribution in [1.29, 1.82) is 0 Å². The average molecular weight is 514 g/mol. The van der Waals surface area contributed by atoms with Crippen LogP contribution in [0.5, 0.6) is 5.75 Å². The van der Waals surface area contributed by atoms with Crippen LogP contribution >= 0.6 is 0 Å². The molecule has 0 spiro atoms. The van der Waals surface area contributed by atoms with E-state index < -0.39 is 0 Å². The second kappa shape index (κ2) is 11.7. The third-order valence-electron chi connectivity index (χ3n) is 7.47. The largest absolute Gasteiger partial charge is 0.497 e. The number of methoxy groups -OCH3 is 1. The van der Waals surface area contributed by atoms with Gasteiger partial charge in [0.05, 0.1) is 13.7 Å². The van der Waals surface area contributed by atoms with E-state index in [0.717, 1.165) is 42.0 Å². The summed E-state index contributed by atoms with van der Waals surface area (Å²) in [6.45, 7) is 2.26. The van der Waals surface area contributed by atoms with Crippen molar-refractivity contribution in [3.63, 3.8) is 0 Å². The normalized spacial score (nSPS) is 21.1. The van der Waals surface area contributed by atoms with Crippen molar-refractivity contribution in [2.45, 2.75) is 30.8 Å². The van der Waals surface area contributed by atoms with Crippen molar-refractivity contribution in [3.8, 4) is 17.6 Å². The minimum absolute atomic E-state index is 0.0221. The van der Waals surface area contributed by atoms with Crippen LogP contribution in [-0.2, 0) is 0 Å². The second-order valence-electron chi connectivity index (χ2n) is 9.78. The van der Waals surface area contributed by atoms with Crippen LogP contribution in [0, 0.1) is 17.7 Å². The smallest absolute Gasteiger partial charge is 0.321 e. The number of hydrogen-bond acceptors (Lipinski definition) is 4. The zero-order valence-electron chi connectivity index (χ0n) is 21.4. The first-order valence-corrected chi connectivity index (χ1v) is 13.0. The maximum atomic E-state index is 13.4. The first kappa shape index (κ1) is 25.8. The molecule has 0 unspecified atom stereocenters. The van der Waals surface area contributed by atoms with Crippen LogP contribution in [0.3, 0.4) is 0 Å². The molecule has 3 atom stereocenters. The molecule has 2 aliphatic heterocycles. The van der Waals surface area contributed by atoms with Gasteiger partial charge in [0, 0.05) is 47.9 Å². The standard InChI is InChI=1S/C31H32FN3O3/c1-38-27-15-13-26(14-16-27)33-31(37)34-17-2-3-18-35-28(20-34)30(29(35)21-36)24-11-9-22(10-12-24)7-8-23-5-4-6-25(32)19-23/h4-6,9-16,19,28-30,36H,2-3,17-18,20-21H2,1H3,(H,33,37)/t28-,29+,30+/m0/s1. The highest BCUT2D eigenvalue weighted by atomic mass is 19.1. The van der Waals surface area contributed by atoms with Gasteiger partial charge in [-0.2, -0.15) is 0 Å². The van der Waals surface area contributed by atoms with Gasteiger partial charge in [-0.1, -0.05) is 30.0 Å². The zero-order valence-corrected chi connectivity index (χ0v) is 21.4. The predicted molar refractivity (Wildman–Crippen MR) is 146 cm³/mol. The van der Waals surface area contributed by atoms with E-state index in [2.05, 4.69) is 34.2 Å². The molecule has 3 aromatic rings. The molecule has 0 radical (unpaired) electrons. The Morgan fingerprint density at radius 1 is 1.03 bits per heavy atom. The molecule has 2 fully saturated rings. The summed E-state index contributed by atoms with van der Waals surface area (Å²) in [6, 6.07) is 21.6. The van der Waals surface area contributed by atoms with Crippen LogP contribution in [0.1, 0.15) is 35.4 Å². The topological polar surface area (TPSA) is 65.0 Å². The van der Waals surface area contributed by atoms with E-state index in [4.69, 9.17) is 4.74 Å². The van der Waals surface area contributed by atoms with E-state index in [1.54, 1.807) is 19.2 Å². The predicted octanol–water partition coefficient (Wildman–Crippen LogP) is 4.69. The van der Waals surface area contributed by atoms with E-state index in [-0.39, 0.29) is 36.5 Å². The van der Waals surface area contributed by atoms with Crippen molar-refractivity contribution in [2.24, 2.45) is 0 Å². The Kier molecular flexibility index (Phi) is 7.92. The number of aliphatic hydroxyl groups excluding tert-OH is 1. The van der Waals surface area contributed by atoms with Crippen LogP contribution in [0.4, 0.5) is 14.9 Å². The number of anilines is 1. The lowest BCUT2D eigenvalue weighted by Gasteiger charge is -2.57. The van der Waals surface area contributed by atoms with Gasteiger partial charge in [0.15, 0.2) is 0 Å². The van der Waals surface area contributed by atoms with Gasteiger partial charge in [0.2, 0.25) is 0 Å². The second-order valence-corrected chi connectivity index (χ2v) is 9.78. The number of carbonyl (C=O) groups excluding carboxylic acids is 1. The van der Waals surface area contributed by atoms with Crippen molar-refractivity contribution in [2.75, 3.05) is 38.7 Å². The number of aliphatic hydroxyl groups is 1. The molecule has 2 saturated heterocycles. The molecule has 6 nitrogen and oxygen atoms in total. The molecule has 2 heterocycles. The van der Waals surface area contributed by atoms with Crippen LogP contribution in [0.15, 0.2) is 72.8 Å². The Morgan fingerprint density at radius 2 is 1.76 bits per heavy atom. The number of urea groups is 1. The van der Waals surface area contributed by atoms with Gasteiger partial charge in [-0.25, -0.2) is 9.18 Å². The molecule has 0 aliphatic carbocycles. The lowest BCUT2D eigenvalue weighted by atomic mass is 9.74. The summed E-state index contributed by atoms with van der Waals surface area (Å²) >= 11 is 0. The molecule has 2 N–H and O–H groups in total. The van der Waals surface area contributed by atoms with Crippen LogP contribution < -0.4 is 10.1 Å². The van der Waals surface area contributed by atoms with Crippen molar-refractivity contribution < 1.29 is 19.0 Å². The Morgan fingerprint density at radius 3 is 2.47 bits per heavy atom. The van der Waals surface area contributed by atoms with E-state index in [9.17, 15) is 14.3 Å². The minimum Gasteiger partial charge on any atom is -0.497 e. The Hall–Kier alpha value is -3.86. The molecular formula is C31H32FN3O3. The monoisotopic (exact) mass is 513 g/mol. The van der Waals surface area contributed by atoms with Gasteiger partial charge in [-0.3, -0.25) is 4.90 Å². The van der Waals surface area contributed by atoms with Gasteiger partial charge in [-0.15, -0.1) is 0 Å². The van der Waals surface area contributed by atoms with Gasteiger partial charge in [0.25, 0.3) is 0 Å². The fourth-order valence-electron chi connectivity index (χ4n) is 5.50. The highest BCUT2D eigenvalue weighted by Gasteiger charge is 2.49. The van der Waals surface area contributed by atoms with E-state index >= 15 is 0 Å². The lowest BCUT2D eigenvalue weighted by molar-refractivity contribution is -0.0585. The molecule has 2 aliphatic rings. The number of halogens is 1. The maximum Gasteiger partial charge on any atom is 0.321 e. The van der Waals surface area contributed by atoms with Gasteiger partial charge in [-0.05, 0) is 79.5 Å². The van der Waals surface area contributed by atoms with Crippen molar-refractivity contribution >= 4 is 11.7 Å². The number of fused-ring (bicyclic) bond motifs is 1. The molecule has 3 aromatic carbocycles. The Labute approximate surface area is 223 Å². The summed E-state index contributed by atoms with van der Waals surface area (Å²) in [5.41, 5.74) is 3.32. The summed E-state index contributed by atoms with van der Waals surface area (Å²) in [7, 11) is 1.61. The SMILES string of the molecule is COc1ccc(NC(=O)N2CCCCN3[C@H](CO)[C@H](c4ccc(C#Cc5cccc(F)c5)cc4)[C@@H]3C2)cc1. The fourth-order valence-corrected chi connectivity index (χ4v) is 5.50. The van der Waals surface area contributed by atoms with Gasteiger partial charge >= 0.3 is 6.03 Å². The number of hydrogen-bond donors (Lipinski definition) is 2. The van der Waals surface area contributed by atoms with E-state index in [0.29, 0.717) is 18.7 Å². The van der Waals surface area contributed by atoms with Crippen molar-refractivity contribution in [3.05, 3.63) is 95.3 Å². The molecule has 0 saturated carbocycles. The number of nitrogens with one attached hydrogen (secondary N) is 1. The Balaban J connectivity index is 1.30. The summed E-state index contributed by atoms with van der Waals surface area (Å²) in [4.78, 5) is 17.4. The lowest BCUT2D eigenvalue weighted by Crippen LogP contribution is -2.68. The average Bonchev–Trinajstić information content (AvgIpc) is 2.92. The Bertz CT molecular complexity index is 1320. The van der Waals surface area contributed by atoms with E-state index in [1.165, 1.54) is 12.1 Å². The van der Waals surface area contributed by atoms with Gasteiger partial charge in [0.1, 0.15) is 11.6 Å². The van der Waals surface area contributed by atoms with Crippen LogP contribution in [0.25, 0.3) is 0 Å². The van der Waals surface area contributed by atoms with Crippen LogP contribution in [0.2, 0.25) is 0 Å². The quantitative estimate of drug-likeness (QED) is 0.497. The molecular weight excluding hydrogens is 481 g/mol. The number of carbonyl (C=O) groups is 1. The highest BCUT2D eigenvalue weighted by molar-refractivity contribution is 5.89. The summed E-state index contributed by atoms with van der Waals surface area (Å²) in [5, 5.41) is 13.2. The summed E-state index contributed by atoms with van der Waals surface area (Å²) < 4.78 is 18.6. The summed E-state index contributed by atoms with van der Waals surface area (Å²) in [5.74, 6) is 6.65. The first-order chi connectivity index (χ1) is 18.6. The first-order valence-electron chi connectivity index (χ1n) is 13.0. The minimum atomic E-state index is -0.303. The maximum absolute atomic E-state index is 13.4. The number of rotatable bonds is 4. The van der Waals surface area contributed by atoms with E-state index in [1.807, 2.05) is 41.3 Å². The summed E-state index contributed by atoms with van der Waals surface area (Å²) in [6.07, 6.45) is 1.89. The third-order valence-corrected chi connectivity index (χ3v) is 7.47. The molecule has 0 bridgehead atoms. The van der Waals surface area contributed by atoms with Crippen LogP contribution in [-0.4, -0.2) is 66.4 Å². The number of amides is 2. The van der Waals surface area contributed by atoms with Gasteiger partial charge < -0.3 is 20.1 Å². The molecule has 0 aromatic heterocycles. The molecule has 7 heteroatoms. The zero-order chi connectivity index (χ0) is 26.5.